The molecule has 0 amide bonds. The molecule has 62 valence electrons. The third-order valence-corrected chi connectivity index (χ3v) is 3.77. The summed E-state index contributed by atoms with van der Waals surface area (Å²) in [5, 5.41) is 9.06. The molecule has 0 spiro atoms. The zero-order valence-corrected chi connectivity index (χ0v) is 9.04. The van der Waals surface area contributed by atoms with Crippen molar-refractivity contribution in [2.75, 3.05) is 5.73 Å². The highest BCUT2D eigenvalue weighted by Crippen LogP contribution is 2.33. The lowest BCUT2D eigenvalue weighted by Crippen LogP contribution is -1.79. The van der Waals surface area contributed by atoms with Crippen LogP contribution < -0.4 is 5.73 Å². The van der Waals surface area contributed by atoms with Crippen molar-refractivity contribution in [3.63, 3.8) is 0 Å². The first-order valence-corrected chi connectivity index (χ1v) is 5.53. The van der Waals surface area contributed by atoms with E-state index in [0.717, 1.165) is 13.7 Å². The number of rotatable bonds is 1. The zero-order chi connectivity index (χ0) is 8.55. The van der Waals surface area contributed by atoms with Gasteiger partial charge in [0.05, 0.1) is 8.66 Å². The first kappa shape index (κ1) is 8.15. The molecular weight excluding hydrogens is 258 g/mol. The van der Waals surface area contributed by atoms with Crippen LogP contribution in [-0.4, -0.2) is 10.2 Å². The second-order valence-electron chi connectivity index (χ2n) is 2.05. The van der Waals surface area contributed by atoms with E-state index in [9.17, 15) is 0 Å². The fraction of sp³-hybridized carbons (Fsp3) is 0. The first-order valence-electron chi connectivity index (χ1n) is 3.10. The lowest BCUT2D eigenvalue weighted by molar-refractivity contribution is 1.11. The normalized spacial score (nSPS) is 10.4. The lowest BCUT2D eigenvalue weighted by atomic mass is 10.5. The van der Waals surface area contributed by atoms with Gasteiger partial charge >= 0.3 is 0 Å². The van der Waals surface area contributed by atoms with Crippen LogP contribution in [0.3, 0.4) is 0 Å². The number of nitrogen functional groups attached to an aromatic ring is 1. The van der Waals surface area contributed by atoms with Crippen LogP contribution in [0.4, 0.5) is 5.13 Å². The standard InChI is InChI=1S/C6H4BrN3S2/c7-4-2-1-3(11-4)5-9-10-6(8)12-5/h1-2H,(H2,8,10). The molecule has 2 aromatic heterocycles. The second kappa shape index (κ2) is 3.12. The van der Waals surface area contributed by atoms with Gasteiger partial charge in [0.1, 0.15) is 0 Å². The molecule has 2 heterocycles. The van der Waals surface area contributed by atoms with Crippen LogP contribution in [0.2, 0.25) is 0 Å². The third kappa shape index (κ3) is 1.50. The minimum atomic E-state index is 0.509. The van der Waals surface area contributed by atoms with Gasteiger partial charge in [-0.2, -0.15) is 0 Å². The molecule has 0 radical (unpaired) electrons. The molecule has 6 heteroatoms. The molecule has 0 saturated heterocycles. The molecule has 0 aromatic carbocycles. The van der Waals surface area contributed by atoms with E-state index in [1.165, 1.54) is 11.3 Å². The molecule has 2 N–H and O–H groups in total. The van der Waals surface area contributed by atoms with E-state index in [0.29, 0.717) is 5.13 Å². The van der Waals surface area contributed by atoms with Gasteiger partial charge in [0.25, 0.3) is 0 Å². The predicted octanol–water partition coefficient (Wildman–Crippen LogP) is 2.61. The fourth-order valence-electron chi connectivity index (χ4n) is 0.763. The SMILES string of the molecule is Nc1nnc(-c2ccc(Br)s2)s1. The van der Waals surface area contributed by atoms with E-state index in [2.05, 4.69) is 26.1 Å². The topological polar surface area (TPSA) is 51.8 Å². The number of halogens is 1. The van der Waals surface area contributed by atoms with Crippen molar-refractivity contribution in [3.8, 4) is 9.88 Å². The molecule has 12 heavy (non-hydrogen) atoms. The Balaban J connectivity index is 2.43. The number of anilines is 1. The maximum atomic E-state index is 5.46. The second-order valence-corrected chi connectivity index (χ2v) is 5.52. The molecular formula is C6H4BrN3S2. The molecule has 0 bridgehead atoms. The van der Waals surface area contributed by atoms with Crippen molar-refractivity contribution in [2.24, 2.45) is 0 Å². The van der Waals surface area contributed by atoms with Gasteiger partial charge in [0, 0.05) is 0 Å². The molecule has 2 aromatic rings. The number of hydrogen-bond acceptors (Lipinski definition) is 5. The Morgan fingerprint density at radius 2 is 2.08 bits per heavy atom. The number of hydrogen-bond donors (Lipinski definition) is 1. The van der Waals surface area contributed by atoms with E-state index in [1.807, 2.05) is 12.1 Å². The zero-order valence-electron chi connectivity index (χ0n) is 5.82. The molecule has 0 aliphatic carbocycles. The van der Waals surface area contributed by atoms with Gasteiger partial charge < -0.3 is 5.73 Å². The quantitative estimate of drug-likeness (QED) is 0.859. The van der Waals surface area contributed by atoms with Gasteiger partial charge in [0.2, 0.25) is 5.13 Å². The summed E-state index contributed by atoms with van der Waals surface area (Å²) in [6.07, 6.45) is 0. The van der Waals surface area contributed by atoms with Gasteiger partial charge in [-0.3, -0.25) is 0 Å². The third-order valence-electron chi connectivity index (χ3n) is 1.22. The number of aromatic nitrogens is 2. The highest BCUT2D eigenvalue weighted by molar-refractivity contribution is 9.11. The number of thiophene rings is 1. The maximum Gasteiger partial charge on any atom is 0.203 e. The van der Waals surface area contributed by atoms with E-state index in [-0.39, 0.29) is 0 Å². The Kier molecular flexibility index (Phi) is 2.12. The van der Waals surface area contributed by atoms with E-state index < -0.39 is 0 Å². The van der Waals surface area contributed by atoms with Crippen LogP contribution in [0.1, 0.15) is 0 Å². The summed E-state index contributed by atoms with van der Waals surface area (Å²) in [4.78, 5) is 1.09. The number of nitrogens with two attached hydrogens (primary N) is 1. The molecule has 0 fully saturated rings. The summed E-state index contributed by atoms with van der Waals surface area (Å²) in [6.45, 7) is 0. The van der Waals surface area contributed by atoms with E-state index in [4.69, 9.17) is 5.73 Å². The minimum Gasteiger partial charge on any atom is -0.374 e. The van der Waals surface area contributed by atoms with Gasteiger partial charge in [-0.05, 0) is 28.1 Å². The highest BCUT2D eigenvalue weighted by atomic mass is 79.9. The predicted molar refractivity (Wildman–Crippen MR) is 55.3 cm³/mol. The molecule has 0 aliphatic rings. The van der Waals surface area contributed by atoms with Gasteiger partial charge in [-0.25, -0.2) is 0 Å². The molecule has 3 nitrogen and oxygen atoms in total. The van der Waals surface area contributed by atoms with Crippen LogP contribution in [-0.2, 0) is 0 Å². The van der Waals surface area contributed by atoms with Crippen molar-refractivity contribution in [1.82, 2.24) is 10.2 Å². The molecule has 0 aliphatic heterocycles. The van der Waals surface area contributed by atoms with Crippen molar-refractivity contribution < 1.29 is 0 Å². The molecule has 0 unspecified atom stereocenters. The first-order chi connectivity index (χ1) is 5.75. The Morgan fingerprint density at radius 3 is 2.58 bits per heavy atom. The van der Waals surface area contributed by atoms with Gasteiger partial charge in [-0.1, -0.05) is 11.3 Å². The van der Waals surface area contributed by atoms with Crippen molar-refractivity contribution in [1.29, 1.82) is 0 Å². The average molecular weight is 262 g/mol. The molecule has 0 saturated carbocycles. The van der Waals surface area contributed by atoms with Crippen LogP contribution in [0.25, 0.3) is 9.88 Å². The van der Waals surface area contributed by atoms with Gasteiger partial charge in [-0.15, -0.1) is 21.5 Å². The molecule has 0 atom stereocenters. The summed E-state index contributed by atoms with van der Waals surface area (Å²) in [5.74, 6) is 0. The van der Waals surface area contributed by atoms with Crippen LogP contribution in [0.5, 0.6) is 0 Å². The Morgan fingerprint density at radius 1 is 1.25 bits per heavy atom. The summed E-state index contributed by atoms with van der Waals surface area (Å²) < 4.78 is 1.09. The smallest absolute Gasteiger partial charge is 0.203 e. The lowest BCUT2D eigenvalue weighted by Gasteiger charge is -1.82. The summed E-state index contributed by atoms with van der Waals surface area (Å²) >= 11 is 6.40. The van der Waals surface area contributed by atoms with Crippen molar-refractivity contribution >= 4 is 43.7 Å². The monoisotopic (exact) mass is 261 g/mol. The maximum absolute atomic E-state index is 5.46. The largest absolute Gasteiger partial charge is 0.374 e. The van der Waals surface area contributed by atoms with Crippen LogP contribution in [0, 0.1) is 0 Å². The Labute approximate surface area is 85.4 Å². The fourth-order valence-corrected chi connectivity index (χ4v) is 2.81. The minimum absolute atomic E-state index is 0.509. The highest BCUT2D eigenvalue weighted by Gasteiger charge is 2.06. The number of nitrogens with zero attached hydrogens (tertiary/aromatic N) is 2. The van der Waals surface area contributed by atoms with Gasteiger partial charge in [0.15, 0.2) is 5.01 Å². The van der Waals surface area contributed by atoms with Crippen LogP contribution >= 0.6 is 38.6 Å². The summed E-state index contributed by atoms with van der Waals surface area (Å²) in [6, 6.07) is 3.98. The van der Waals surface area contributed by atoms with Crippen molar-refractivity contribution in [2.45, 2.75) is 0 Å². The van der Waals surface area contributed by atoms with E-state index >= 15 is 0 Å². The Bertz CT molecular complexity index is 357. The van der Waals surface area contributed by atoms with Crippen LogP contribution in [0.15, 0.2) is 15.9 Å². The van der Waals surface area contributed by atoms with E-state index in [1.54, 1.807) is 11.3 Å². The Hall–Kier alpha value is -0.460. The summed E-state index contributed by atoms with van der Waals surface area (Å²) in [7, 11) is 0. The summed E-state index contributed by atoms with van der Waals surface area (Å²) in [5.41, 5.74) is 5.46. The molecule has 2 rings (SSSR count). The average Bonchev–Trinajstić information content (AvgIpc) is 2.58. The van der Waals surface area contributed by atoms with Crippen molar-refractivity contribution in [3.05, 3.63) is 15.9 Å².